The fourth-order valence-corrected chi connectivity index (χ4v) is 2.80. The quantitative estimate of drug-likeness (QED) is 0.643. The minimum atomic E-state index is 0.257. The molecule has 0 aliphatic heterocycles. The Kier molecular flexibility index (Phi) is 7.57. The molecule has 2 aromatic rings. The number of nitrogens with one attached hydrogen (secondary N) is 1. The Morgan fingerprint density at radius 2 is 1.88 bits per heavy atom. The molecule has 2 rings (SSSR count). The van der Waals surface area contributed by atoms with Gasteiger partial charge in [-0.2, -0.15) is 0 Å². The molecule has 0 aromatic heterocycles. The molecule has 24 heavy (non-hydrogen) atoms. The fraction of sp³-hybridized carbons (Fsp3) is 0.316. The second kappa shape index (κ2) is 9.67. The van der Waals surface area contributed by atoms with Gasteiger partial charge in [-0.25, -0.2) is 0 Å². The molecule has 0 fully saturated rings. The normalized spacial score (nSPS) is 12.2. The van der Waals surface area contributed by atoms with Gasteiger partial charge in [-0.1, -0.05) is 53.5 Å². The summed E-state index contributed by atoms with van der Waals surface area (Å²) in [4.78, 5) is 13.1. The summed E-state index contributed by atoms with van der Waals surface area (Å²) in [6.07, 6.45) is 1.88. The molecule has 0 heterocycles. The van der Waals surface area contributed by atoms with Crippen LogP contribution in [0.4, 0.5) is 5.69 Å². The van der Waals surface area contributed by atoms with Gasteiger partial charge in [-0.15, -0.1) is 0 Å². The highest BCUT2D eigenvalue weighted by Gasteiger charge is 2.09. The van der Waals surface area contributed by atoms with Gasteiger partial charge in [0, 0.05) is 24.8 Å². The number of carbonyl (C=O) groups excluding carboxylic acids is 1. The summed E-state index contributed by atoms with van der Waals surface area (Å²) in [5, 5.41) is 4.51. The van der Waals surface area contributed by atoms with Crippen LogP contribution in [0.5, 0.6) is 0 Å². The van der Waals surface area contributed by atoms with E-state index in [9.17, 15) is 4.79 Å². The Balaban J connectivity index is 1.86. The number of rotatable bonds is 9. The SMILES string of the molecule is CC(CCN(CC=O)Cc1ccccc1)Nc1ccc(Cl)c(Cl)c1. The molecule has 1 unspecified atom stereocenters. The van der Waals surface area contributed by atoms with Gasteiger partial charge in [0.1, 0.15) is 6.29 Å². The number of carbonyl (C=O) groups is 1. The van der Waals surface area contributed by atoms with Crippen molar-refractivity contribution in [2.45, 2.75) is 25.9 Å². The zero-order valence-electron chi connectivity index (χ0n) is 13.7. The average molecular weight is 365 g/mol. The van der Waals surface area contributed by atoms with Crippen molar-refractivity contribution in [1.29, 1.82) is 0 Å². The summed E-state index contributed by atoms with van der Waals surface area (Å²) in [5.74, 6) is 0. The smallest absolute Gasteiger partial charge is 0.133 e. The first-order chi connectivity index (χ1) is 11.6. The van der Waals surface area contributed by atoms with E-state index in [0.29, 0.717) is 16.6 Å². The van der Waals surface area contributed by atoms with Gasteiger partial charge in [0.2, 0.25) is 0 Å². The molecule has 0 amide bonds. The van der Waals surface area contributed by atoms with Crippen LogP contribution in [0.1, 0.15) is 18.9 Å². The molecule has 0 aliphatic carbocycles. The molecule has 3 nitrogen and oxygen atoms in total. The second-order valence-electron chi connectivity index (χ2n) is 5.85. The van der Waals surface area contributed by atoms with E-state index in [0.717, 1.165) is 31.5 Å². The van der Waals surface area contributed by atoms with Crippen molar-refractivity contribution >= 4 is 35.2 Å². The summed E-state index contributed by atoms with van der Waals surface area (Å²) < 4.78 is 0. The van der Waals surface area contributed by atoms with Crippen molar-refractivity contribution in [2.24, 2.45) is 0 Å². The summed E-state index contributed by atoms with van der Waals surface area (Å²) >= 11 is 12.0. The van der Waals surface area contributed by atoms with E-state index in [-0.39, 0.29) is 6.04 Å². The molecule has 128 valence electrons. The summed E-state index contributed by atoms with van der Waals surface area (Å²) in [5.41, 5.74) is 2.16. The van der Waals surface area contributed by atoms with E-state index in [1.54, 1.807) is 6.07 Å². The number of nitrogens with zero attached hydrogens (tertiary/aromatic N) is 1. The number of hydrogen-bond acceptors (Lipinski definition) is 3. The fourth-order valence-electron chi connectivity index (χ4n) is 2.50. The zero-order chi connectivity index (χ0) is 17.4. The highest BCUT2D eigenvalue weighted by atomic mass is 35.5. The average Bonchev–Trinajstić information content (AvgIpc) is 2.57. The number of hydrogen-bond donors (Lipinski definition) is 1. The van der Waals surface area contributed by atoms with Gasteiger partial charge in [0.05, 0.1) is 16.6 Å². The second-order valence-corrected chi connectivity index (χ2v) is 6.66. The van der Waals surface area contributed by atoms with Crippen LogP contribution in [0, 0.1) is 0 Å². The lowest BCUT2D eigenvalue weighted by Crippen LogP contribution is -2.30. The molecule has 0 aliphatic rings. The summed E-state index contributed by atoms with van der Waals surface area (Å²) in [6.45, 7) is 4.17. The van der Waals surface area contributed by atoms with Crippen LogP contribution < -0.4 is 5.32 Å². The third-order valence-electron chi connectivity index (χ3n) is 3.79. The van der Waals surface area contributed by atoms with Crippen molar-refractivity contribution < 1.29 is 4.79 Å². The minimum absolute atomic E-state index is 0.257. The molecule has 0 radical (unpaired) electrons. The molecular formula is C19H22Cl2N2O. The predicted molar refractivity (Wildman–Crippen MR) is 102 cm³/mol. The Labute approximate surface area is 153 Å². The molecular weight excluding hydrogens is 343 g/mol. The van der Waals surface area contributed by atoms with Crippen LogP contribution in [-0.2, 0) is 11.3 Å². The van der Waals surface area contributed by atoms with Gasteiger partial charge < -0.3 is 10.1 Å². The van der Waals surface area contributed by atoms with Gasteiger partial charge in [0.25, 0.3) is 0 Å². The highest BCUT2D eigenvalue weighted by Crippen LogP contribution is 2.25. The number of benzene rings is 2. The number of aldehydes is 1. The zero-order valence-corrected chi connectivity index (χ0v) is 15.2. The Morgan fingerprint density at radius 1 is 1.12 bits per heavy atom. The molecule has 0 saturated heterocycles. The largest absolute Gasteiger partial charge is 0.382 e. The van der Waals surface area contributed by atoms with E-state index in [1.807, 2.05) is 30.3 Å². The molecule has 1 atom stereocenters. The topological polar surface area (TPSA) is 32.3 Å². The monoisotopic (exact) mass is 364 g/mol. The van der Waals surface area contributed by atoms with Crippen LogP contribution >= 0.6 is 23.2 Å². The van der Waals surface area contributed by atoms with Crippen LogP contribution in [-0.4, -0.2) is 30.3 Å². The molecule has 0 saturated carbocycles. The lowest BCUT2D eigenvalue weighted by Gasteiger charge is -2.23. The maximum atomic E-state index is 10.9. The number of halogens is 2. The van der Waals surface area contributed by atoms with E-state index >= 15 is 0 Å². The Morgan fingerprint density at radius 3 is 2.54 bits per heavy atom. The van der Waals surface area contributed by atoms with E-state index in [4.69, 9.17) is 23.2 Å². The van der Waals surface area contributed by atoms with Gasteiger partial charge in [-0.3, -0.25) is 4.90 Å². The van der Waals surface area contributed by atoms with Crippen LogP contribution in [0.15, 0.2) is 48.5 Å². The van der Waals surface area contributed by atoms with Crippen LogP contribution in [0.3, 0.4) is 0 Å². The first kappa shape index (κ1) is 18.8. The first-order valence-electron chi connectivity index (χ1n) is 8.00. The molecule has 1 N–H and O–H groups in total. The lowest BCUT2D eigenvalue weighted by molar-refractivity contribution is -0.109. The summed E-state index contributed by atoms with van der Waals surface area (Å²) in [6, 6.07) is 16.0. The van der Waals surface area contributed by atoms with E-state index in [1.165, 1.54) is 5.56 Å². The van der Waals surface area contributed by atoms with Gasteiger partial charge in [0.15, 0.2) is 0 Å². The van der Waals surface area contributed by atoms with E-state index in [2.05, 4.69) is 29.3 Å². The van der Waals surface area contributed by atoms with Crippen molar-refractivity contribution in [3.63, 3.8) is 0 Å². The minimum Gasteiger partial charge on any atom is -0.382 e. The lowest BCUT2D eigenvalue weighted by atomic mass is 10.1. The molecule has 0 bridgehead atoms. The van der Waals surface area contributed by atoms with Crippen molar-refractivity contribution in [1.82, 2.24) is 4.90 Å². The van der Waals surface area contributed by atoms with E-state index < -0.39 is 0 Å². The van der Waals surface area contributed by atoms with Crippen molar-refractivity contribution in [3.05, 3.63) is 64.1 Å². The predicted octanol–water partition coefficient (Wildman–Crippen LogP) is 4.89. The third kappa shape index (κ3) is 6.16. The van der Waals surface area contributed by atoms with Crippen molar-refractivity contribution in [3.8, 4) is 0 Å². The van der Waals surface area contributed by atoms with Crippen molar-refractivity contribution in [2.75, 3.05) is 18.4 Å². The molecule has 0 spiro atoms. The molecule has 2 aromatic carbocycles. The first-order valence-corrected chi connectivity index (χ1v) is 8.75. The van der Waals surface area contributed by atoms with Gasteiger partial charge >= 0.3 is 0 Å². The Bertz CT molecular complexity index is 649. The summed E-state index contributed by atoms with van der Waals surface area (Å²) in [7, 11) is 0. The highest BCUT2D eigenvalue weighted by molar-refractivity contribution is 6.42. The number of anilines is 1. The maximum Gasteiger partial charge on any atom is 0.133 e. The molecule has 5 heteroatoms. The standard InChI is InChI=1S/C19H22Cl2N2O/c1-15(22-17-7-8-18(20)19(21)13-17)9-10-23(11-12-24)14-16-5-3-2-4-6-16/h2-8,12-13,15,22H,9-11,14H2,1H3. The maximum absolute atomic E-state index is 10.9. The van der Waals surface area contributed by atoms with Crippen LogP contribution in [0.25, 0.3) is 0 Å². The van der Waals surface area contributed by atoms with Crippen LogP contribution in [0.2, 0.25) is 10.0 Å². The van der Waals surface area contributed by atoms with Gasteiger partial charge in [-0.05, 0) is 37.1 Å². The Hall–Kier alpha value is -1.55. The third-order valence-corrected chi connectivity index (χ3v) is 4.53.